The van der Waals surface area contributed by atoms with Gasteiger partial charge in [-0.1, -0.05) is 12.1 Å². The molecule has 31 heavy (non-hydrogen) atoms. The maximum atomic E-state index is 14.5. The molecule has 3 aromatic rings. The van der Waals surface area contributed by atoms with Gasteiger partial charge in [-0.2, -0.15) is 0 Å². The predicted molar refractivity (Wildman–Crippen MR) is 116 cm³/mol. The topological polar surface area (TPSA) is 68.7 Å². The molecule has 3 heterocycles. The highest BCUT2D eigenvalue weighted by Gasteiger charge is 2.24. The Balaban J connectivity index is 1.37. The van der Waals surface area contributed by atoms with Gasteiger partial charge in [0.05, 0.1) is 24.4 Å². The quantitative estimate of drug-likeness (QED) is 0.670. The van der Waals surface area contributed by atoms with Crippen LogP contribution in [0.25, 0.3) is 10.9 Å². The van der Waals surface area contributed by atoms with Gasteiger partial charge >= 0.3 is 0 Å². The first-order chi connectivity index (χ1) is 15.2. The molecule has 0 bridgehead atoms. The Hall–Kier alpha value is -2.97. The smallest absolute Gasteiger partial charge is 0.163 e. The summed E-state index contributed by atoms with van der Waals surface area (Å²) in [6.45, 7) is 6.67. The zero-order chi connectivity index (χ0) is 21.2. The van der Waals surface area contributed by atoms with Crippen LogP contribution in [0.5, 0.6) is 11.5 Å². The maximum Gasteiger partial charge on any atom is 0.163 e. The van der Waals surface area contributed by atoms with Crippen molar-refractivity contribution in [3.8, 4) is 11.5 Å². The number of halogens is 1. The minimum absolute atomic E-state index is 0.0250. The highest BCUT2D eigenvalue weighted by atomic mass is 19.1. The molecule has 5 rings (SSSR count). The molecule has 2 aliphatic heterocycles. The lowest BCUT2D eigenvalue weighted by molar-refractivity contribution is 0.0242. The van der Waals surface area contributed by atoms with Crippen molar-refractivity contribution >= 4 is 22.4 Å². The number of fused-ring (bicyclic) bond motifs is 2. The maximum absolute atomic E-state index is 14.5. The molecule has 162 valence electrons. The van der Waals surface area contributed by atoms with E-state index in [2.05, 4.69) is 20.2 Å². The molecule has 0 amide bonds. The van der Waals surface area contributed by atoms with Crippen LogP contribution in [0.3, 0.4) is 0 Å². The molecule has 8 heteroatoms. The fourth-order valence-electron chi connectivity index (χ4n) is 3.93. The van der Waals surface area contributed by atoms with E-state index in [1.807, 2.05) is 18.2 Å². The molecule has 1 saturated heterocycles. The minimum atomic E-state index is -0.296. The fourth-order valence-corrected chi connectivity index (χ4v) is 3.93. The van der Waals surface area contributed by atoms with Crippen LogP contribution in [0.4, 0.5) is 15.9 Å². The lowest BCUT2D eigenvalue weighted by atomic mass is 10.1. The highest BCUT2D eigenvalue weighted by Crippen LogP contribution is 2.38. The average molecular weight is 424 g/mol. The number of nitrogens with one attached hydrogen (secondary N) is 1. The van der Waals surface area contributed by atoms with Crippen LogP contribution >= 0.6 is 0 Å². The second-order valence-corrected chi connectivity index (χ2v) is 7.89. The van der Waals surface area contributed by atoms with Gasteiger partial charge in [0.2, 0.25) is 0 Å². The first kappa shape index (κ1) is 20.0. The summed E-state index contributed by atoms with van der Waals surface area (Å²) in [6.07, 6.45) is 2.31. The van der Waals surface area contributed by atoms with Crippen LogP contribution in [0.2, 0.25) is 0 Å². The van der Waals surface area contributed by atoms with Gasteiger partial charge in [-0.3, -0.25) is 4.90 Å². The summed E-state index contributed by atoms with van der Waals surface area (Å²) >= 11 is 0. The van der Waals surface area contributed by atoms with Gasteiger partial charge in [0.25, 0.3) is 0 Å². The molecular weight excluding hydrogens is 399 g/mol. The molecule has 2 aromatic carbocycles. The third-order valence-corrected chi connectivity index (χ3v) is 5.74. The number of hydrogen-bond acceptors (Lipinski definition) is 7. The van der Waals surface area contributed by atoms with Crippen molar-refractivity contribution in [3.05, 3.63) is 48.0 Å². The summed E-state index contributed by atoms with van der Waals surface area (Å²) in [5.74, 6) is 1.56. The fraction of sp³-hybridized carbons (Fsp3) is 0.391. The van der Waals surface area contributed by atoms with Gasteiger partial charge in [0.1, 0.15) is 30.7 Å². The summed E-state index contributed by atoms with van der Waals surface area (Å²) in [5.41, 5.74) is 1.65. The summed E-state index contributed by atoms with van der Waals surface area (Å²) < 4.78 is 32.1. The number of morpholine rings is 1. The van der Waals surface area contributed by atoms with Crippen molar-refractivity contribution in [2.24, 2.45) is 0 Å². The zero-order valence-corrected chi connectivity index (χ0v) is 17.4. The largest absolute Gasteiger partial charge is 0.486 e. The lowest BCUT2D eigenvalue weighted by Gasteiger charge is -2.31. The molecule has 1 atom stereocenters. The van der Waals surface area contributed by atoms with Crippen molar-refractivity contribution < 1.29 is 18.6 Å². The van der Waals surface area contributed by atoms with E-state index in [-0.39, 0.29) is 11.9 Å². The molecule has 0 saturated carbocycles. The van der Waals surface area contributed by atoms with Gasteiger partial charge in [0, 0.05) is 37.5 Å². The number of anilines is 2. The highest BCUT2D eigenvalue weighted by molar-refractivity contribution is 5.93. The number of ether oxygens (including phenoxy) is 3. The SMILES string of the molecule is Cc1cccc(Nc2ncnc3cc4c(cc23)OC(CCN2CCOCC2)CO4)c1F. The molecule has 1 fully saturated rings. The first-order valence-electron chi connectivity index (χ1n) is 10.6. The van der Waals surface area contributed by atoms with E-state index in [0.717, 1.165) is 44.7 Å². The van der Waals surface area contributed by atoms with Crippen LogP contribution in [-0.2, 0) is 4.74 Å². The van der Waals surface area contributed by atoms with E-state index in [1.165, 1.54) is 6.33 Å². The van der Waals surface area contributed by atoms with E-state index < -0.39 is 0 Å². The Bertz CT molecular complexity index is 1090. The Morgan fingerprint density at radius 2 is 2.03 bits per heavy atom. The van der Waals surface area contributed by atoms with Crippen molar-refractivity contribution in [3.63, 3.8) is 0 Å². The van der Waals surface area contributed by atoms with Crippen LogP contribution in [0.1, 0.15) is 12.0 Å². The normalized spacial score (nSPS) is 18.8. The van der Waals surface area contributed by atoms with E-state index in [0.29, 0.717) is 40.7 Å². The Morgan fingerprint density at radius 1 is 1.16 bits per heavy atom. The number of rotatable bonds is 5. The number of nitrogens with zero attached hydrogens (tertiary/aromatic N) is 3. The Morgan fingerprint density at radius 3 is 2.90 bits per heavy atom. The molecular formula is C23H25FN4O3. The second kappa shape index (κ2) is 8.64. The van der Waals surface area contributed by atoms with E-state index in [1.54, 1.807) is 19.1 Å². The van der Waals surface area contributed by atoms with Crippen LogP contribution in [0.15, 0.2) is 36.7 Å². The van der Waals surface area contributed by atoms with Gasteiger partial charge in [-0.05, 0) is 24.6 Å². The number of aromatic nitrogens is 2. The number of benzene rings is 2. The van der Waals surface area contributed by atoms with E-state index in [9.17, 15) is 4.39 Å². The average Bonchev–Trinajstić information content (AvgIpc) is 2.80. The number of aryl methyl sites for hydroxylation is 1. The van der Waals surface area contributed by atoms with Crippen molar-refractivity contribution in [1.29, 1.82) is 0 Å². The van der Waals surface area contributed by atoms with Crippen molar-refractivity contribution in [2.45, 2.75) is 19.4 Å². The summed E-state index contributed by atoms with van der Waals surface area (Å²) in [6, 6.07) is 8.96. The summed E-state index contributed by atoms with van der Waals surface area (Å²) in [7, 11) is 0. The molecule has 7 nitrogen and oxygen atoms in total. The third-order valence-electron chi connectivity index (χ3n) is 5.74. The first-order valence-corrected chi connectivity index (χ1v) is 10.6. The van der Waals surface area contributed by atoms with Gasteiger partial charge in [0.15, 0.2) is 11.5 Å². The standard InChI is InChI=1S/C23H25FN4O3/c1-15-3-2-4-18(22(15)24)27-23-17-11-21-20(12-19(17)25-14-26-23)30-13-16(31-21)5-6-28-7-9-29-10-8-28/h2-4,11-12,14,16H,5-10,13H2,1H3,(H,25,26,27). The summed E-state index contributed by atoms with van der Waals surface area (Å²) in [5, 5.41) is 3.85. The third kappa shape index (κ3) is 4.26. The molecule has 1 unspecified atom stereocenters. The molecule has 0 aliphatic carbocycles. The lowest BCUT2D eigenvalue weighted by Crippen LogP contribution is -2.40. The van der Waals surface area contributed by atoms with Crippen LogP contribution in [0, 0.1) is 12.7 Å². The molecule has 1 N–H and O–H groups in total. The summed E-state index contributed by atoms with van der Waals surface area (Å²) in [4.78, 5) is 11.1. The minimum Gasteiger partial charge on any atom is -0.486 e. The van der Waals surface area contributed by atoms with Gasteiger partial charge in [-0.25, -0.2) is 14.4 Å². The Labute approximate surface area is 180 Å². The van der Waals surface area contributed by atoms with Crippen LogP contribution in [-0.4, -0.2) is 60.4 Å². The van der Waals surface area contributed by atoms with Crippen LogP contribution < -0.4 is 14.8 Å². The van der Waals surface area contributed by atoms with Gasteiger partial charge in [-0.15, -0.1) is 0 Å². The zero-order valence-electron chi connectivity index (χ0n) is 17.4. The molecule has 2 aliphatic rings. The van der Waals surface area contributed by atoms with Crippen molar-refractivity contribution in [1.82, 2.24) is 14.9 Å². The second-order valence-electron chi connectivity index (χ2n) is 7.89. The van der Waals surface area contributed by atoms with Crippen molar-refractivity contribution in [2.75, 3.05) is 44.8 Å². The monoisotopic (exact) mass is 424 g/mol. The predicted octanol–water partition coefficient (Wildman–Crippen LogP) is 3.68. The molecule has 0 radical (unpaired) electrons. The van der Waals surface area contributed by atoms with Gasteiger partial charge < -0.3 is 19.5 Å². The molecule has 1 aromatic heterocycles. The number of hydrogen-bond donors (Lipinski definition) is 1. The van der Waals surface area contributed by atoms with E-state index >= 15 is 0 Å². The van der Waals surface area contributed by atoms with E-state index in [4.69, 9.17) is 14.2 Å². The Kier molecular flexibility index (Phi) is 5.57. The molecule has 0 spiro atoms.